The fourth-order valence-electron chi connectivity index (χ4n) is 9.41. The van der Waals surface area contributed by atoms with Crippen molar-refractivity contribution in [2.24, 2.45) is 11.8 Å². The van der Waals surface area contributed by atoms with Gasteiger partial charge in [-0.3, -0.25) is 19.4 Å². The third kappa shape index (κ3) is 6.14. The molecule has 2 N–H and O–H groups in total. The van der Waals surface area contributed by atoms with E-state index < -0.39 is 35.0 Å². The highest BCUT2D eigenvalue weighted by atomic mass is 16.5. The zero-order valence-corrected chi connectivity index (χ0v) is 31.8. The van der Waals surface area contributed by atoms with Gasteiger partial charge < -0.3 is 28.9 Å². The first-order valence-corrected chi connectivity index (χ1v) is 19.2. The molecule has 56 heavy (non-hydrogen) atoms. The normalized spacial score (nSPS) is 24.3. The number of aliphatic hydroxyl groups is 2. The topological polar surface area (TPSA) is 135 Å². The van der Waals surface area contributed by atoms with Crippen molar-refractivity contribution in [2.75, 3.05) is 33.8 Å². The number of hydrogen-bond acceptors (Lipinski definition) is 11. The van der Waals surface area contributed by atoms with E-state index in [1.165, 1.54) is 0 Å². The zero-order chi connectivity index (χ0) is 39.1. The van der Waals surface area contributed by atoms with Crippen molar-refractivity contribution in [2.45, 2.75) is 56.6 Å². The van der Waals surface area contributed by atoms with E-state index in [2.05, 4.69) is 30.3 Å². The molecule has 8 rings (SSSR count). The van der Waals surface area contributed by atoms with Crippen LogP contribution in [0, 0.1) is 11.8 Å². The molecular weight excluding hydrogens is 711 g/mol. The number of aromatic nitrogens is 1. The van der Waals surface area contributed by atoms with E-state index in [4.69, 9.17) is 18.7 Å². The van der Waals surface area contributed by atoms with Gasteiger partial charge in [0.1, 0.15) is 36.0 Å². The number of rotatable bonds is 13. The van der Waals surface area contributed by atoms with E-state index in [0.29, 0.717) is 36.6 Å². The molecule has 0 unspecified atom stereocenters. The number of aliphatic hydroxyl groups excluding tert-OH is 1. The molecule has 11 nitrogen and oxygen atoms in total. The maximum absolute atomic E-state index is 15.1. The summed E-state index contributed by atoms with van der Waals surface area (Å²) in [5.74, 6) is -2.47. The van der Waals surface area contributed by atoms with Crippen molar-refractivity contribution >= 4 is 17.3 Å². The minimum atomic E-state index is -2.58. The molecule has 0 spiro atoms. The summed E-state index contributed by atoms with van der Waals surface area (Å²) in [5.41, 5.74) is 1.09. The monoisotopic (exact) mass is 757 g/mol. The molecule has 1 aliphatic heterocycles. The first kappa shape index (κ1) is 37.4. The lowest BCUT2D eigenvalue weighted by atomic mass is 9.57. The lowest BCUT2D eigenvalue weighted by Gasteiger charge is -2.50. The molecule has 4 aliphatic rings. The molecule has 290 valence electrons. The lowest BCUT2D eigenvalue weighted by molar-refractivity contribution is -0.143. The molecule has 11 heteroatoms. The number of ether oxygens (including phenoxy) is 3. The minimum Gasteiger partial charge on any atom is -0.507 e. The Labute approximate surface area is 326 Å². The second-order valence-electron chi connectivity index (χ2n) is 15.2. The average molecular weight is 758 g/mol. The van der Waals surface area contributed by atoms with E-state index in [0.717, 1.165) is 41.6 Å². The maximum Gasteiger partial charge on any atom is 0.265 e. The van der Waals surface area contributed by atoms with Gasteiger partial charge >= 0.3 is 0 Å². The fraction of sp³-hybridized carbons (Fsp3) is 0.356. The van der Waals surface area contributed by atoms with Crippen molar-refractivity contribution in [3.8, 4) is 17.4 Å². The predicted molar refractivity (Wildman–Crippen MR) is 209 cm³/mol. The molecule has 4 aromatic rings. The molecule has 1 saturated heterocycles. The number of fused-ring (bicyclic) bond motifs is 4. The Bertz CT molecular complexity index is 2190. The van der Waals surface area contributed by atoms with Crippen LogP contribution in [-0.4, -0.2) is 76.1 Å². The van der Waals surface area contributed by atoms with Crippen LogP contribution in [-0.2, 0) is 24.4 Å². The van der Waals surface area contributed by atoms with Crippen molar-refractivity contribution in [3.05, 3.63) is 137 Å². The molecule has 0 bridgehead atoms. The van der Waals surface area contributed by atoms with Crippen LogP contribution in [0.25, 0.3) is 5.76 Å². The van der Waals surface area contributed by atoms with E-state index in [1.54, 1.807) is 19.3 Å². The quantitative estimate of drug-likeness (QED) is 0.108. The van der Waals surface area contributed by atoms with Crippen LogP contribution in [0.5, 0.6) is 17.4 Å². The van der Waals surface area contributed by atoms with Crippen LogP contribution >= 0.6 is 0 Å². The molecule has 2 fully saturated rings. The number of methoxy groups -OCH3 is 1. The molecule has 5 atom stereocenters. The Hall–Kier alpha value is -5.49. The summed E-state index contributed by atoms with van der Waals surface area (Å²) >= 11 is 0. The second-order valence-corrected chi connectivity index (χ2v) is 15.2. The Morgan fingerprint density at radius 3 is 2.25 bits per heavy atom. The fourth-order valence-corrected chi connectivity index (χ4v) is 9.41. The van der Waals surface area contributed by atoms with Gasteiger partial charge in [-0.25, -0.2) is 0 Å². The van der Waals surface area contributed by atoms with Gasteiger partial charge in [0, 0.05) is 41.7 Å². The number of ketones is 2. The number of Topliss-reactive ketones (excluding diaryl/α,β-unsaturated/α-hetero) is 2. The Morgan fingerprint density at radius 2 is 1.64 bits per heavy atom. The van der Waals surface area contributed by atoms with Gasteiger partial charge in [0.05, 0.1) is 18.7 Å². The number of benzene rings is 3. The van der Waals surface area contributed by atoms with Crippen LogP contribution in [0.4, 0.5) is 0 Å². The number of hydrogen-bond donors (Lipinski definition) is 2. The van der Waals surface area contributed by atoms with Gasteiger partial charge in [0.2, 0.25) is 11.6 Å². The van der Waals surface area contributed by atoms with Crippen molar-refractivity contribution in [1.82, 2.24) is 15.0 Å². The molecule has 1 saturated carbocycles. The highest BCUT2D eigenvalue weighted by molar-refractivity contribution is 6.26. The number of carbonyl (C=O) groups excluding carboxylic acids is 2. The Balaban J connectivity index is 1.27. The predicted octanol–water partition coefficient (Wildman–Crippen LogP) is 6.98. The molecule has 1 aromatic heterocycles. The number of nitrogens with zero attached hydrogens (tertiary/aromatic N) is 3. The van der Waals surface area contributed by atoms with E-state index >= 15 is 4.79 Å². The van der Waals surface area contributed by atoms with Crippen LogP contribution in [0.1, 0.15) is 75.3 Å². The van der Waals surface area contributed by atoms with Crippen LogP contribution in [0.2, 0.25) is 0 Å². The lowest BCUT2D eigenvalue weighted by Crippen LogP contribution is -2.63. The van der Waals surface area contributed by atoms with E-state index in [9.17, 15) is 15.0 Å². The van der Waals surface area contributed by atoms with Crippen LogP contribution in [0.3, 0.4) is 0 Å². The first-order valence-electron chi connectivity index (χ1n) is 19.2. The molecule has 2 heterocycles. The van der Waals surface area contributed by atoms with Gasteiger partial charge in [0.15, 0.2) is 11.4 Å². The number of carbonyl (C=O) groups is 2. The summed E-state index contributed by atoms with van der Waals surface area (Å²) in [5, 5.41) is 29.4. The summed E-state index contributed by atoms with van der Waals surface area (Å²) in [6.45, 7) is 9.79. The highest BCUT2D eigenvalue weighted by Gasteiger charge is 2.66. The maximum atomic E-state index is 15.1. The Morgan fingerprint density at radius 1 is 0.982 bits per heavy atom. The van der Waals surface area contributed by atoms with Gasteiger partial charge in [-0.15, -0.1) is 13.2 Å². The molecule has 0 radical (unpaired) electrons. The minimum absolute atomic E-state index is 0.00801. The van der Waals surface area contributed by atoms with E-state index in [1.807, 2.05) is 71.6 Å². The SMILES string of the molecule is C=CCN(CC=C)[C@@H]1c2onc(OCc3ccccc3)c2C(=O)[C@@]2(O)C(=O)C3=C(O)c4c(OCc5ccccc5)cc([C@@H]5CCCN5C)c(OC)c4C[C@H]3C[C@@H]12. The van der Waals surface area contributed by atoms with Crippen LogP contribution in [0.15, 0.2) is 102 Å². The molecule has 3 aliphatic carbocycles. The van der Waals surface area contributed by atoms with Gasteiger partial charge in [-0.1, -0.05) is 72.8 Å². The Kier molecular flexibility index (Phi) is 10.2. The highest BCUT2D eigenvalue weighted by Crippen LogP contribution is 2.58. The zero-order valence-electron chi connectivity index (χ0n) is 31.8. The molecule has 0 amide bonds. The summed E-state index contributed by atoms with van der Waals surface area (Å²) in [7, 11) is 3.71. The van der Waals surface area contributed by atoms with Gasteiger partial charge in [-0.2, -0.15) is 0 Å². The molecular formula is C45H47N3O8. The third-order valence-corrected chi connectivity index (χ3v) is 12.0. The third-order valence-electron chi connectivity index (χ3n) is 12.0. The van der Waals surface area contributed by atoms with Crippen LogP contribution < -0.4 is 14.2 Å². The smallest absolute Gasteiger partial charge is 0.265 e. The summed E-state index contributed by atoms with van der Waals surface area (Å²) in [4.78, 5) is 34.1. The molecule has 3 aromatic carbocycles. The summed E-state index contributed by atoms with van der Waals surface area (Å²) in [6.07, 6.45) is 5.85. The van der Waals surface area contributed by atoms with Crippen molar-refractivity contribution < 1.29 is 38.5 Å². The summed E-state index contributed by atoms with van der Waals surface area (Å²) in [6, 6.07) is 20.3. The summed E-state index contributed by atoms with van der Waals surface area (Å²) < 4.78 is 24.7. The second kappa shape index (κ2) is 15.2. The van der Waals surface area contributed by atoms with E-state index in [-0.39, 0.29) is 54.2 Å². The average Bonchev–Trinajstić information content (AvgIpc) is 3.84. The standard InChI is InChI=1S/C45H47N3O8/c1-5-19-48(20-6-2)38-32-23-29-22-31-36(34(54-25-27-14-9-7-10-15-27)24-30(40(31)53-4)33-18-13-21-47(33)3)39(49)35(29)42(50)45(32,52)43(51)37-41(38)56-46-44(37)55-26-28-16-11-8-12-17-28/h5-12,14-17,24,29,32-33,38,49,52H,1-2,13,18-23,25-26H2,3-4H3/t29-,32-,33-,38-,45-/m0/s1. The van der Waals surface area contributed by atoms with Crippen molar-refractivity contribution in [1.29, 1.82) is 0 Å². The van der Waals surface area contributed by atoms with Crippen molar-refractivity contribution in [3.63, 3.8) is 0 Å². The number of likely N-dealkylation sites (tertiary alicyclic amines) is 1. The first-order chi connectivity index (χ1) is 27.2. The van der Waals surface area contributed by atoms with Gasteiger partial charge in [0.25, 0.3) is 5.88 Å². The largest absolute Gasteiger partial charge is 0.507 e. The van der Waals surface area contributed by atoms with Gasteiger partial charge in [-0.05, 0) is 67.5 Å².